The van der Waals surface area contributed by atoms with Gasteiger partial charge < -0.3 is 15.6 Å². The molecule has 0 saturated carbocycles. The Balaban J connectivity index is 2.03. The van der Waals surface area contributed by atoms with Gasteiger partial charge >= 0.3 is 0 Å². The number of nitrogens with zero attached hydrogens (tertiary/aromatic N) is 3. The van der Waals surface area contributed by atoms with Crippen LogP contribution in [0.15, 0.2) is 24.3 Å². The summed E-state index contributed by atoms with van der Waals surface area (Å²) in [5.41, 5.74) is 8.56. The van der Waals surface area contributed by atoms with Crippen molar-refractivity contribution < 1.29 is 4.79 Å². The van der Waals surface area contributed by atoms with Crippen molar-refractivity contribution in [3.63, 3.8) is 0 Å². The normalized spacial score (nSPS) is 11.2. The van der Waals surface area contributed by atoms with Gasteiger partial charge in [-0.05, 0) is 19.4 Å². The zero-order chi connectivity index (χ0) is 16.4. The highest BCUT2D eigenvalue weighted by Crippen LogP contribution is 2.28. The van der Waals surface area contributed by atoms with Gasteiger partial charge in [-0.2, -0.15) is 0 Å². The second kappa shape index (κ2) is 6.24. The van der Waals surface area contributed by atoms with Crippen molar-refractivity contribution in [3.05, 3.63) is 30.1 Å². The molecular weight excluding hydrogens is 290 g/mol. The molecule has 0 fully saturated rings. The highest BCUT2D eigenvalue weighted by molar-refractivity contribution is 6.06. The van der Waals surface area contributed by atoms with E-state index in [0.29, 0.717) is 30.8 Å². The van der Waals surface area contributed by atoms with Gasteiger partial charge in [-0.25, -0.2) is 9.97 Å². The molecule has 23 heavy (non-hydrogen) atoms. The SMILES string of the molecule is CCCNC(=O)CCn1c(C)nc2c(N)nc3ccccc3c21. The number of nitrogens with one attached hydrogen (secondary N) is 1. The largest absolute Gasteiger partial charge is 0.382 e. The summed E-state index contributed by atoms with van der Waals surface area (Å²) < 4.78 is 2.06. The Bertz CT molecular complexity index is 868. The average Bonchev–Trinajstić information content (AvgIpc) is 2.88. The molecule has 1 amide bonds. The predicted octanol–water partition coefficient (Wildman–Crippen LogP) is 2.39. The zero-order valence-corrected chi connectivity index (χ0v) is 13.5. The molecule has 1 aromatic carbocycles. The van der Waals surface area contributed by atoms with E-state index < -0.39 is 0 Å². The number of aryl methyl sites for hydroxylation is 2. The van der Waals surface area contributed by atoms with E-state index in [1.807, 2.05) is 38.1 Å². The summed E-state index contributed by atoms with van der Waals surface area (Å²) in [6, 6.07) is 7.86. The van der Waals surface area contributed by atoms with Crippen molar-refractivity contribution in [1.82, 2.24) is 19.9 Å². The van der Waals surface area contributed by atoms with Crippen LogP contribution in [-0.4, -0.2) is 27.0 Å². The summed E-state index contributed by atoms with van der Waals surface area (Å²) in [5.74, 6) is 1.32. The molecule has 0 aliphatic carbocycles. The van der Waals surface area contributed by atoms with E-state index in [-0.39, 0.29) is 5.91 Å². The van der Waals surface area contributed by atoms with Crippen molar-refractivity contribution >= 4 is 33.7 Å². The molecule has 0 bridgehead atoms. The Morgan fingerprint density at radius 3 is 2.87 bits per heavy atom. The lowest BCUT2D eigenvalue weighted by atomic mass is 10.2. The highest BCUT2D eigenvalue weighted by atomic mass is 16.1. The molecule has 2 aromatic heterocycles. The van der Waals surface area contributed by atoms with Crippen LogP contribution < -0.4 is 11.1 Å². The number of anilines is 1. The summed E-state index contributed by atoms with van der Waals surface area (Å²) in [5, 5.41) is 3.91. The van der Waals surface area contributed by atoms with E-state index in [1.54, 1.807) is 0 Å². The number of nitrogen functional groups attached to an aromatic ring is 1. The number of para-hydroxylation sites is 1. The monoisotopic (exact) mass is 311 g/mol. The number of nitrogens with two attached hydrogens (primary N) is 1. The Morgan fingerprint density at radius 2 is 2.09 bits per heavy atom. The van der Waals surface area contributed by atoms with Crippen molar-refractivity contribution in [2.24, 2.45) is 0 Å². The van der Waals surface area contributed by atoms with Crippen LogP contribution in [0.4, 0.5) is 5.82 Å². The zero-order valence-electron chi connectivity index (χ0n) is 13.5. The summed E-state index contributed by atoms with van der Waals surface area (Å²) in [6.45, 7) is 5.25. The number of hydrogen-bond acceptors (Lipinski definition) is 4. The number of benzene rings is 1. The highest BCUT2D eigenvalue weighted by Gasteiger charge is 2.15. The van der Waals surface area contributed by atoms with E-state index in [9.17, 15) is 4.79 Å². The molecule has 0 aliphatic rings. The molecule has 0 atom stereocenters. The standard InChI is InChI=1S/C17H21N5O/c1-3-9-19-14(23)8-10-22-11(2)20-15-16(22)12-6-4-5-7-13(12)21-17(15)18/h4-7H,3,8-10H2,1-2H3,(H2,18,21)(H,19,23). The molecule has 120 valence electrons. The number of carbonyl (C=O) groups excluding carboxylic acids is 1. The second-order valence-corrected chi connectivity index (χ2v) is 5.62. The molecule has 2 heterocycles. The summed E-state index contributed by atoms with van der Waals surface area (Å²) >= 11 is 0. The van der Waals surface area contributed by atoms with E-state index in [4.69, 9.17) is 5.73 Å². The Morgan fingerprint density at radius 1 is 1.30 bits per heavy atom. The summed E-state index contributed by atoms with van der Waals surface area (Å²) in [7, 11) is 0. The number of hydrogen-bond donors (Lipinski definition) is 2. The maximum atomic E-state index is 11.9. The van der Waals surface area contributed by atoms with Gasteiger partial charge in [0.1, 0.15) is 11.3 Å². The van der Waals surface area contributed by atoms with Gasteiger partial charge in [0, 0.05) is 24.9 Å². The minimum atomic E-state index is 0.0550. The van der Waals surface area contributed by atoms with Crippen LogP contribution in [-0.2, 0) is 11.3 Å². The molecule has 0 unspecified atom stereocenters. The van der Waals surface area contributed by atoms with Crippen LogP contribution in [0.5, 0.6) is 0 Å². The van der Waals surface area contributed by atoms with Crippen LogP contribution in [0.3, 0.4) is 0 Å². The van der Waals surface area contributed by atoms with Crippen LogP contribution >= 0.6 is 0 Å². The van der Waals surface area contributed by atoms with Crippen molar-refractivity contribution in [3.8, 4) is 0 Å². The smallest absolute Gasteiger partial charge is 0.221 e. The van der Waals surface area contributed by atoms with E-state index >= 15 is 0 Å². The molecule has 0 spiro atoms. The minimum absolute atomic E-state index is 0.0550. The minimum Gasteiger partial charge on any atom is -0.382 e. The molecule has 0 saturated heterocycles. The lowest BCUT2D eigenvalue weighted by molar-refractivity contribution is -0.121. The Kier molecular flexibility index (Phi) is 4.14. The van der Waals surface area contributed by atoms with Gasteiger partial charge in [-0.15, -0.1) is 0 Å². The number of aromatic nitrogens is 3. The topological polar surface area (TPSA) is 85.8 Å². The van der Waals surface area contributed by atoms with Crippen molar-refractivity contribution in [2.75, 3.05) is 12.3 Å². The number of fused-ring (bicyclic) bond motifs is 3. The quantitative estimate of drug-likeness (QED) is 0.757. The number of imidazole rings is 1. The number of rotatable bonds is 5. The Labute approximate surface area is 134 Å². The van der Waals surface area contributed by atoms with E-state index in [0.717, 1.165) is 28.7 Å². The third-order valence-electron chi connectivity index (χ3n) is 3.94. The second-order valence-electron chi connectivity index (χ2n) is 5.62. The Hall–Kier alpha value is -2.63. The molecule has 0 radical (unpaired) electrons. The maximum absolute atomic E-state index is 11.9. The lowest BCUT2D eigenvalue weighted by Crippen LogP contribution is -2.25. The van der Waals surface area contributed by atoms with Gasteiger partial charge in [-0.1, -0.05) is 25.1 Å². The lowest BCUT2D eigenvalue weighted by Gasteiger charge is -2.09. The summed E-state index contributed by atoms with van der Waals surface area (Å²) in [6.07, 6.45) is 1.36. The number of carbonyl (C=O) groups is 1. The molecule has 3 rings (SSSR count). The first-order chi connectivity index (χ1) is 11.1. The van der Waals surface area contributed by atoms with Gasteiger partial charge in [0.25, 0.3) is 0 Å². The van der Waals surface area contributed by atoms with E-state index in [2.05, 4.69) is 19.9 Å². The fourth-order valence-corrected chi connectivity index (χ4v) is 2.81. The predicted molar refractivity (Wildman–Crippen MR) is 92.1 cm³/mol. The molecule has 0 aliphatic heterocycles. The summed E-state index contributed by atoms with van der Waals surface area (Å²) in [4.78, 5) is 20.9. The first kappa shape index (κ1) is 15.3. The third kappa shape index (κ3) is 2.84. The van der Waals surface area contributed by atoms with E-state index in [1.165, 1.54) is 0 Å². The number of amides is 1. The van der Waals surface area contributed by atoms with Crippen LogP contribution in [0.25, 0.3) is 21.9 Å². The third-order valence-corrected chi connectivity index (χ3v) is 3.94. The average molecular weight is 311 g/mol. The molecule has 6 nitrogen and oxygen atoms in total. The van der Waals surface area contributed by atoms with Gasteiger partial charge in [0.15, 0.2) is 5.82 Å². The number of pyridine rings is 1. The van der Waals surface area contributed by atoms with Gasteiger partial charge in [0.05, 0.1) is 11.0 Å². The fraction of sp³-hybridized carbons (Fsp3) is 0.353. The molecule has 3 N–H and O–H groups in total. The fourth-order valence-electron chi connectivity index (χ4n) is 2.81. The molecular formula is C17H21N5O. The maximum Gasteiger partial charge on any atom is 0.221 e. The molecule has 6 heteroatoms. The van der Waals surface area contributed by atoms with Crippen LogP contribution in [0.2, 0.25) is 0 Å². The first-order valence-corrected chi connectivity index (χ1v) is 7.89. The van der Waals surface area contributed by atoms with Gasteiger partial charge in [-0.3, -0.25) is 4.79 Å². The van der Waals surface area contributed by atoms with Crippen LogP contribution in [0.1, 0.15) is 25.6 Å². The van der Waals surface area contributed by atoms with Crippen molar-refractivity contribution in [1.29, 1.82) is 0 Å². The van der Waals surface area contributed by atoms with Crippen molar-refractivity contribution in [2.45, 2.75) is 33.2 Å². The van der Waals surface area contributed by atoms with Gasteiger partial charge in [0.2, 0.25) is 5.91 Å². The first-order valence-electron chi connectivity index (χ1n) is 7.89. The molecule has 3 aromatic rings. The van der Waals surface area contributed by atoms with Crippen LogP contribution in [0, 0.1) is 6.92 Å².